The van der Waals surface area contributed by atoms with Gasteiger partial charge in [0.15, 0.2) is 0 Å². The minimum Gasteiger partial charge on any atom is -0.493 e. The number of aliphatic carboxylic acids is 3. The van der Waals surface area contributed by atoms with Gasteiger partial charge in [-0.2, -0.15) is 13.2 Å². The molecular formula is C44H55F3N4O7. The topological polar surface area (TPSA) is 134 Å². The monoisotopic (exact) mass is 808 g/mol. The molecule has 0 spiro atoms. The highest BCUT2D eigenvalue weighted by Crippen LogP contribution is 2.38. The van der Waals surface area contributed by atoms with Gasteiger partial charge in [-0.1, -0.05) is 67.1 Å². The first kappa shape index (κ1) is 44.3. The SMILES string of the molecule is Cc1c(/C=C/c2cc(OCCCCCN3CCN(CC(=O)O)CCN(CC(=O)O)CC3)c(CN3CCCC[C@H]3C(=O)O)cc2C(F)(F)F)cccc1-c1ccccc1. The van der Waals surface area contributed by atoms with Crippen LogP contribution in [0.3, 0.4) is 0 Å². The fourth-order valence-corrected chi connectivity index (χ4v) is 7.81. The molecule has 3 N–H and O–H groups in total. The smallest absolute Gasteiger partial charge is 0.417 e. The molecule has 0 saturated carbocycles. The largest absolute Gasteiger partial charge is 0.493 e. The summed E-state index contributed by atoms with van der Waals surface area (Å²) in [5.41, 5.74) is 3.11. The molecule has 0 radical (unpaired) electrons. The van der Waals surface area contributed by atoms with Crippen LogP contribution < -0.4 is 4.74 Å². The van der Waals surface area contributed by atoms with Gasteiger partial charge in [0, 0.05) is 51.4 Å². The van der Waals surface area contributed by atoms with E-state index in [1.807, 2.05) is 65.3 Å². The van der Waals surface area contributed by atoms with Crippen molar-refractivity contribution in [3.05, 3.63) is 88.5 Å². The summed E-state index contributed by atoms with van der Waals surface area (Å²) in [4.78, 5) is 42.5. The predicted octanol–water partition coefficient (Wildman–Crippen LogP) is 6.93. The van der Waals surface area contributed by atoms with E-state index in [-0.39, 0.29) is 43.1 Å². The molecule has 2 heterocycles. The maximum atomic E-state index is 14.8. The van der Waals surface area contributed by atoms with Crippen molar-refractivity contribution in [2.75, 3.05) is 72.1 Å². The quantitative estimate of drug-likeness (QED) is 0.0969. The van der Waals surface area contributed by atoms with Crippen LogP contribution in [0.15, 0.2) is 60.7 Å². The molecule has 1 atom stereocenters. The molecule has 314 valence electrons. The van der Waals surface area contributed by atoms with Crippen LogP contribution in [-0.2, 0) is 27.1 Å². The second-order valence-corrected chi connectivity index (χ2v) is 15.2. The van der Waals surface area contributed by atoms with Gasteiger partial charge in [0.1, 0.15) is 11.8 Å². The number of alkyl halides is 3. The zero-order valence-electron chi connectivity index (χ0n) is 33.1. The zero-order valence-corrected chi connectivity index (χ0v) is 33.1. The van der Waals surface area contributed by atoms with Gasteiger partial charge in [-0.15, -0.1) is 0 Å². The van der Waals surface area contributed by atoms with Crippen molar-refractivity contribution >= 4 is 30.1 Å². The van der Waals surface area contributed by atoms with Crippen LogP contribution in [0.25, 0.3) is 23.3 Å². The lowest BCUT2D eigenvalue weighted by Crippen LogP contribution is -2.44. The minimum absolute atomic E-state index is 0.00432. The van der Waals surface area contributed by atoms with Gasteiger partial charge in [0.2, 0.25) is 0 Å². The van der Waals surface area contributed by atoms with Gasteiger partial charge in [-0.05, 0) is 92.1 Å². The Morgan fingerprint density at radius 2 is 1.40 bits per heavy atom. The van der Waals surface area contributed by atoms with Crippen molar-refractivity contribution < 1.29 is 47.6 Å². The van der Waals surface area contributed by atoms with Gasteiger partial charge in [0.25, 0.3) is 0 Å². The van der Waals surface area contributed by atoms with Crippen LogP contribution in [0.5, 0.6) is 5.75 Å². The average Bonchev–Trinajstić information content (AvgIpc) is 3.26. The van der Waals surface area contributed by atoms with Crippen LogP contribution in [0.2, 0.25) is 0 Å². The second kappa shape index (κ2) is 21.3. The van der Waals surface area contributed by atoms with Crippen molar-refractivity contribution in [3.63, 3.8) is 0 Å². The van der Waals surface area contributed by atoms with Gasteiger partial charge in [-0.25, -0.2) is 0 Å². The van der Waals surface area contributed by atoms with Crippen LogP contribution >= 0.6 is 0 Å². The van der Waals surface area contributed by atoms with Crippen LogP contribution in [-0.4, -0.2) is 131 Å². The van der Waals surface area contributed by atoms with Crippen molar-refractivity contribution in [1.82, 2.24) is 19.6 Å². The van der Waals surface area contributed by atoms with Crippen LogP contribution in [0.1, 0.15) is 66.3 Å². The molecule has 5 rings (SSSR count). The summed E-state index contributed by atoms with van der Waals surface area (Å²) in [6.07, 6.45) is 2.54. The first-order chi connectivity index (χ1) is 27.8. The van der Waals surface area contributed by atoms with Crippen molar-refractivity contribution in [2.45, 2.75) is 64.2 Å². The van der Waals surface area contributed by atoms with E-state index < -0.39 is 35.7 Å². The summed E-state index contributed by atoms with van der Waals surface area (Å²) < 4.78 is 50.5. The Morgan fingerprint density at radius 1 is 0.759 bits per heavy atom. The maximum absolute atomic E-state index is 14.8. The number of carbonyl (C=O) groups is 3. The Bertz CT molecular complexity index is 1850. The normalized spacial score (nSPS) is 18.1. The summed E-state index contributed by atoms with van der Waals surface area (Å²) >= 11 is 0. The number of rotatable bonds is 17. The van der Waals surface area contributed by atoms with E-state index in [1.165, 1.54) is 12.1 Å². The number of ether oxygens (including phenoxy) is 1. The number of carboxylic acids is 3. The molecule has 11 nitrogen and oxygen atoms in total. The average molecular weight is 809 g/mol. The summed E-state index contributed by atoms with van der Waals surface area (Å²) in [6, 6.07) is 17.3. The van der Waals surface area contributed by atoms with Crippen LogP contribution in [0.4, 0.5) is 13.2 Å². The Morgan fingerprint density at radius 3 is 2.02 bits per heavy atom. The predicted molar refractivity (Wildman–Crippen MR) is 217 cm³/mol. The molecule has 3 aromatic carbocycles. The van der Waals surface area contributed by atoms with E-state index in [0.717, 1.165) is 54.0 Å². The Balaban J connectivity index is 1.32. The highest BCUT2D eigenvalue weighted by atomic mass is 19.4. The van der Waals surface area contributed by atoms with Crippen molar-refractivity contribution in [2.24, 2.45) is 0 Å². The molecule has 0 aliphatic carbocycles. The summed E-state index contributed by atoms with van der Waals surface area (Å²) in [5.74, 6) is -2.58. The molecule has 2 aliphatic rings. The lowest BCUT2D eigenvalue weighted by atomic mass is 9.95. The van der Waals surface area contributed by atoms with E-state index in [9.17, 15) is 42.9 Å². The molecule has 0 unspecified atom stereocenters. The molecule has 2 saturated heterocycles. The maximum Gasteiger partial charge on any atom is 0.417 e. The number of unbranched alkanes of at least 4 members (excludes halogenated alkanes) is 2. The summed E-state index contributed by atoms with van der Waals surface area (Å²) in [6.45, 7) is 6.40. The third-order valence-corrected chi connectivity index (χ3v) is 11.0. The van der Waals surface area contributed by atoms with Crippen molar-refractivity contribution in [3.8, 4) is 16.9 Å². The number of benzene rings is 3. The molecule has 3 aromatic rings. The number of piperidine rings is 1. The molecule has 0 bridgehead atoms. The highest BCUT2D eigenvalue weighted by molar-refractivity contribution is 5.79. The highest BCUT2D eigenvalue weighted by Gasteiger charge is 2.35. The standard InChI is InChI=1S/C44H55F3N4O7/c1-32-33(13-10-14-37(32)34-11-4-2-5-12-34)16-17-35-28-40(36(27-38(35)44(45,46)47)29-51-19-8-6-15-39(51)43(56)57)58-26-9-3-7-18-48-20-22-49(30-41(52)53)24-25-50(23-21-48)31-42(54)55/h2,4-5,10-14,16-17,27-28,39H,3,6-9,15,18-26,29-31H2,1H3,(H,52,53)(H,54,55)(H,56,57)/b17-16+/t39-/m0/s1. The van der Waals surface area contributed by atoms with Gasteiger partial charge < -0.3 is 25.0 Å². The van der Waals surface area contributed by atoms with E-state index in [2.05, 4.69) is 4.90 Å². The Labute approximate surface area is 338 Å². The number of hydrogen-bond donors (Lipinski definition) is 3. The van der Waals surface area contributed by atoms with Crippen molar-refractivity contribution in [1.29, 1.82) is 0 Å². The summed E-state index contributed by atoms with van der Waals surface area (Å²) in [7, 11) is 0. The number of halogens is 3. The number of nitrogens with zero attached hydrogens (tertiary/aromatic N) is 4. The van der Waals surface area contributed by atoms with Gasteiger partial charge in [-0.3, -0.25) is 29.1 Å². The lowest BCUT2D eigenvalue weighted by molar-refractivity contribution is -0.145. The lowest BCUT2D eigenvalue weighted by Gasteiger charge is -2.33. The second-order valence-electron chi connectivity index (χ2n) is 15.2. The molecule has 14 heteroatoms. The summed E-state index contributed by atoms with van der Waals surface area (Å²) in [5, 5.41) is 28.6. The van der Waals surface area contributed by atoms with Crippen LogP contribution in [0, 0.1) is 6.92 Å². The van der Waals surface area contributed by atoms with E-state index in [1.54, 1.807) is 11.0 Å². The molecule has 2 fully saturated rings. The molecule has 2 aliphatic heterocycles. The fourth-order valence-electron chi connectivity index (χ4n) is 7.81. The number of hydrogen-bond acceptors (Lipinski definition) is 8. The van der Waals surface area contributed by atoms with Gasteiger partial charge in [0.05, 0.1) is 25.3 Å². The van der Waals surface area contributed by atoms with E-state index >= 15 is 0 Å². The number of carboxylic acid groups (broad SMARTS) is 3. The minimum atomic E-state index is -4.68. The third-order valence-electron chi connectivity index (χ3n) is 11.0. The molecular weight excluding hydrogens is 753 g/mol. The third kappa shape index (κ3) is 13.1. The molecule has 0 aromatic heterocycles. The van der Waals surface area contributed by atoms with Gasteiger partial charge >= 0.3 is 24.1 Å². The number of likely N-dealkylation sites (tertiary alicyclic amines) is 1. The fraction of sp³-hybridized carbons (Fsp3) is 0.477. The van der Waals surface area contributed by atoms with E-state index in [4.69, 9.17) is 4.74 Å². The first-order valence-corrected chi connectivity index (χ1v) is 20.1. The first-order valence-electron chi connectivity index (χ1n) is 20.1. The van der Waals surface area contributed by atoms with E-state index in [0.29, 0.717) is 65.2 Å². The molecule has 58 heavy (non-hydrogen) atoms. The Hall–Kier alpha value is -4.76. The molecule has 0 amide bonds. The Kier molecular flexibility index (Phi) is 16.3. The zero-order chi connectivity index (χ0) is 41.7.